The maximum absolute atomic E-state index is 12.3. The van der Waals surface area contributed by atoms with Crippen molar-refractivity contribution in [3.63, 3.8) is 0 Å². The molecular formula is C22H35IN4O3. The Hall–Kier alpha value is -1.55. The highest BCUT2D eigenvalue weighted by Gasteiger charge is 2.36. The smallest absolute Gasteiger partial charge is 0.410 e. The number of hydrogen-bond acceptors (Lipinski definition) is 6. The van der Waals surface area contributed by atoms with Gasteiger partial charge < -0.3 is 24.6 Å². The van der Waals surface area contributed by atoms with Crippen molar-refractivity contribution in [3.8, 4) is 0 Å². The van der Waals surface area contributed by atoms with Gasteiger partial charge in [-0.3, -0.25) is 4.99 Å². The molecule has 0 saturated carbocycles. The van der Waals surface area contributed by atoms with Crippen LogP contribution < -0.4 is 5.32 Å². The second kappa shape index (κ2) is 11.7. The maximum atomic E-state index is 12.3. The standard InChI is InChI=1S/C22H34N4O3.HI/c1-22(2,3)29-21(27)25-12-13-26-19(17-25)16-24-20(26)23-11-7-14-28-15-10-18-8-5-4-6-9-18;/h4-6,8-9,19H,7,10-17H2,1-3H3,(H,23,24);1H. The summed E-state index contributed by atoms with van der Waals surface area (Å²) in [5.74, 6) is 0.947. The Morgan fingerprint density at radius 3 is 2.70 bits per heavy atom. The molecule has 1 N–H and O–H groups in total. The Bertz CT molecular complexity index is 693. The first-order chi connectivity index (χ1) is 13.9. The number of hydrogen-bond donors (Lipinski definition) is 1. The molecule has 1 saturated heterocycles. The Morgan fingerprint density at radius 1 is 1.20 bits per heavy atom. The van der Waals surface area contributed by atoms with Crippen molar-refractivity contribution in [1.82, 2.24) is 15.1 Å². The molecule has 1 fully saturated rings. The summed E-state index contributed by atoms with van der Waals surface area (Å²) in [6.07, 6.45) is 1.66. The molecule has 0 bridgehead atoms. The summed E-state index contributed by atoms with van der Waals surface area (Å²) in [4.78, 5) is 21.0. The number of rotatable bonds is 7. The third-order valence-electron chi connectivity index (χ3n) is 4.98. The largest absolute Gasteiger partial charge is 0.444 e. The van der Waals surface area contributed by atoms with Gasteiger partial charge in [-0.05, 0) is 39.2 Å². The number of carbonyl (C=O) groups excluding carboxylic acids is 1. The topological polar surface area (TPSA) is 66.4 Å². The van der Waals surface area contributed by atoms with Gasteiger partial charge in [0, 0.05) is 32.8 Å². The van der Waals surface area contributed by atoms with E-state index in [1.807, 2.05) is 26.8 Å². The van der Waals surface area contributed by atoms with Crippen LogP contribution in [0.15, 0.2) is 35.3 Å². The molecule has 1 aromatic carbocycles. The van der Waals surface area contributed by atoms with E-state index < -0.39 is 5.60 Å². The van der Waals surface area contributed by atoms with E-state index in [1.165, 1.54) is 5.56 Å². The molecular weight excluding hydrogens is 495 g/mol. The Labute approximate surface area is 197 Å². The first-order valence-corrected chi connectivity index (χ1v) is 10.6. The molecule has 0 aromatic heterocycles. The van der Waals surface area contributed by atoms with Gasteiger partial charge >= 0.3 is 6.09 Å². The van der Waals surface area contributed by atoms with E-state index in [0.717, 1.165) is 51.6 Å². The molecule has 2 aliphatic rings. The fourth-order valence-electron chi connectivity index (χ4n) is 3.53. The van der Waals surface area contributed by atoms with Crippen molar-refractivity contribution in [1.29, 1.82) is 0 Å². The fraction of sp³-hybridized carbons (Fsp3) is 0.636. The third-order valence-corrected chi connectivity index (χ3v) is 4.98. The van der Waals surface area contributed by atoms with E-state index in [4.69, 9.17) is 9.47 Å². The lowest BCUT2D eigenvalue weighted by molar-refractivity contribution is 0.0137. The van der Waals surface area contributed by atoms with Crippen LogP contribution in [-0.4, -0.2) is 79.4 Å². The summed E-state index contributed by atoms with van der Waals surface area (Å²) in [6, 6.07) is 10.6. The predicted molar refractivity (Wildman–Crippen MR) is 130 cm³/mol. The van der Waals surface area contributed by atoms with E-state index in [-0.39, 0.29) is 36.1 Å². The van der Waals surface area contributed by atoms with Crippen molar-refractivity contribution < 1.29 is 14.3 Å². The Kier molecular flexibility index (Phi) is 9.67. The molecule has 3 rings (SSSR count). The number of aliphatic imine (C=N–C) groups is 1. The van der Waals surface area contributed by atoms with Gasteiger partial charge in [-0.15, -0.1) is 24.0 Å². The van der Waals surface area contributed by atoms with Gasteiger partial charge in [0.25, 0.3) is 0 Å². The summed E-state index contributed by atoms with van der Waals surface area (Å²) < 4.78 is 11.2. The fourth-order valence-corrected chi connectivity index (χ4v) is 3.53. The molecule has 168 valence electrons. The van der Waals surface area contributed by atoms with Crippen molar-refractivity contribution in [3.05, 3.63) is 35.9 Å². The van der Waals surface area contributed by atoms with Crippen LogP contribution >= 0.6 is 24.0 Å². The minimum absolute atomic E-state index is 0. The van der Waals surface area contributed by atoms with Crippen LogP contribution in [-0.2, 0) is 15.9 Å². The lowest BCUT2D eigenvalue weighted by atomic mass is 10.2. The lowest BCUT2D eigenvalue weighted by Gasteiger charge is -2.39. The lowest BCUT2D eigenvalue weighted by Crippen LogP contribution is -2.57. The molecule has 2 heterocycles. The Morgan fingerprint density at radius 2 is 1.97 bits per heavy atom. The first-order valence-electron chi connectivity index (χ1n) is 10.6. The summed E-state index contributed by atoms with van der Waals surface area (Å²) in [5, 5.41) is 3.43. The predicted octanol–water partition coefficient (Wildman–Crippen LogP) is 3.13. The van der Waals surface area contributed by atoms with Gasteiger partial charge in [0.15, 0.2) is 5.96 Å². The van der Waals surface area contributed by atoms with Crippen molar-refractivity contribution >= 4 is 36.0 Å². The zero-order chi connectivity index (χ0) is 20.7. The minimum Gasteiger partial charge on any atom is -0.444 e. The molecule has 1 amide bonds. The number of nitrogens with one attached hydrogen (secondary N) is 1. The van der Waals surface area contributed by atoms with E-state index in [2.05, 4.69) is 39.5 Å². The molecule has 30 heavy (non-hydrogen) atoms. The number of halogens is 1. The van der Waals surface area contributed by atoms with Gasteiger partial charge in [0.2, 0.25) is 0 Å². The van der Waals surface area contributed by atoms with E-state index in [9.17, 15) is 4.79 Å². The number of carbonyl (C=O) groups is 1. The van der Waals surface area contributed by atoms with Crippen LogP contribution in [0.4, 0.5) is 4.79 Å². The molecule has 0 radical (unpaired) electrons. The number of benzene rings is 1. The normalized spacial score (nSPS) is 18.4. The van der Waals surface area contributed by atoms with E-state index in [1.54, 1.807) is 4.90 Å². The second-order valence-corrected chi connectivity index (χ2v) is 8.57. The molecule has 7 nitrogen and oxygen atoms in total. The third kappa shape index (κ3) is 7.61. The van der Waals surface area contributed by atoms with E-state index in [0.29, 0.717) is 13.1 Å². The quantitative estimate of drug-likeness (QED) is 0.434. The molecule has 0 spiro atoms. The van der Waals surface area contributed by atoms with Gasteiger partial charge in [0.1, 0.15) is 5.60 Å². The highest BCUT2D eigenvalue weighted by atomic mass is 127. The summed E-state index contributed by atoms with van der Waals surface area (Å²) >= 11 is 0. The zero-order valence-electron chi connectivity index (χ0n) is 18.3. The van der Waals surface area contributed by atoms with Crippen molar-refractivity contribution in [2.75, 3.05) is 45.9 Å². The first kappa shape index (κ1) is 24.7. The van der Waals surface area contributed by atoms with Gasteiger partial charge in [-0.2, -0.15) is 0 Å². The van der Waals surface area contributed by atoms with Gasteiger partial charge in [-0.1, -0.05) is 30.3 Å². The SMILES string of the molecule is CC(C)(C)OC(=O)N1CCN2C(NCCCOCCc3ccccc3)=NCC2C1.I. The highest BCUT2D eigenvalue weighted by Crippen LogP contribution is 2.18. The van der Waals surface area contributed by atoms with Gasteiger partial charge in [0.05, 0.1) is 19.2 Å². The maximum Gasteiger partial charge on any atom is 0.410 e. The second-order valence-electron chi connectivity index (χ2n) is 8.57. The van der Waals surface area contributed by atoms with Crippen LogP contribution in [0, 0.1) is 0 Å². The average molecular weight is 530 g/mol. The van der Waals surface area contributed by atoms with Crippen molar-refractivity contribution in [2.24, 2.45) is 4.99 Å². The summed E-state index contributed by atoms with van der Waals surface area (Å²) in [5.41, 5.74) is 0.846. The monoisotopic (exact) mass is 530 g/mol. The summed E-state index contributed by atoms with van der Waals surface area (Å²) in [7, 11) is 0. The number of piperazine rings is 1. The number of fused-ring (bicyclic) bond motifs is 1. The van der Waals surface area contributed by atoms with Gasteiger partial charge in [-0.25, -0.2) is 4.79 Å². The number of amides is 1. The number of nitrogens with zero attached hydrogens (tertiary/aromatic N) is 3. The van der Waals surface area contributed by atoms with Crippen molar-refractivity contribution in [2.45, 2.75) is 45.3 Å². The van der Waals surface area contributed by atoms with Crippen LogP contribution in [0.25, 0.3) is 0 Å². The molecule has 0 aliphatic carbocycles. The number of ether oxygens (including phenoxy) is 2. The molecule has 1 atom stereocenters. The highest BCUT2D eigenvalue weighted by molar-refractivity contribution is 14.0. The van der Waals surface area contributed by atoms with Crippen LogP contribution in [0.1, 0.15) is 32.8 Å². The molecule has 1 aromatic rings. The molecule has 8 heteroatoms. The van der Waals surface area contributed by atoms with Crippen LogP contribution in [0.2, 0.25) is 0 Å². The van der Waals surface area contributed by atoms with E-state index >= 15 is 0 Å². The minimum atomic E-state index is -0.462. The van der Waals surface area contributed by atoms with Crippen LogP contribution in [0.5, 0.6) is 0 Å². The molecule has 2 aliphatic heterocycles. The number of guanidine groups is 1. The Balaban J connectivity index is 0.00000320. The molecule has 1 unspecified atom stereocenters. The zero-order valence-corrected chi connectivity index (χ0v) is 20.6. The average Bonchev–Trinajstić information content (AvgIpc) is 3.09. The summed E-state index contributed by atoms with van der Waals surface area (Å²) in [6.45, 7) is 10.8. The van der Waals surface area contributed by atoms with Crippen LogP contribution in [0.3, 0.4) is 0 Å².